The highest BCUT2D eigenvalue weighted by molar-refractivity contribution is 5.82. The van der Waals surface area contributed by atoms with E-state index in [1.54, 1.807) is 0 Å². The Balaban J connectivity index is 1.80. The minimum absolute atomic E-state index is 0.0341. The van der Waals surface area contributed by atoms with Crippen molar-refractivity contribution in [2.24, 2.45) is 17.8 Å². The number of amides is 1. The van der Waals surface area contributed by atoms with Crippen LogP contribution in [0.3, 0.4) is 0 Å². The zero-order valence-corrected chi connectivity index (χ0v) is 12.7. The van der Waals surface area contributed by atoms with E-state index in [1.807, 2.05) is 0 Å². The van der Waals surface area contributed by atoms with Crippen LogP contribution in [0.5, 0.6) is 0 Å². The third-order valence-electron chi connectivity index (χ3n) is 5.27. The molecule has 0 aromatic rings. The number of piperidine rings is 1. The molecule has 0 radical (unpaired) electrons. The van der Waals surface area contributed by atoms with E-state index in [0.717, 1.165) is 19.3 Å². The average Bonchev–Trinajstić information content (AvgIpc) is 2.79. The smallest absolute Gasteiger partial charge is 0.352 e. The Hall–Kier alpha value is -0.780. The molecule has 2 N–H and O–H groups in total. The first-order valence-corrected chi connectivity index (χ1v) is 7.93. The Bertz CT molecular complexity index is 364. The van der Waals surface area contributed by atoms with E-state index in [0.29, 0.717) is 11.8 Å². The lowest BCUT2D eigenvalue weighted by atomic mass is 9.92. The molecule has 2 rings (SSSR count). The highest BCUT2D eigenvalue weighted by atomic mass is 19.4. The molecule has 1 aliphatic carbocycles. The first kappa shape index (κ1) is 16.6. The zero-order valence-electron chi connectivity index (χ0n) is 12.7. The maximum Gasteiger partial charge on any atom is 0.393 e. The van der Waals surface area contributed by atoms with Gasteiger partial charge in [0.1, 0.15) is 0 Å². The lowest BCUT2D eigenvalue weighted by molar-refractivity contribution is -0.180. The summed E-state index contributed by atoms with van der Waals surface area (Å²) in [5.41, 5.74) is 0. The van der Waals surface area contributed by atoms with Crippen LogP contribution in [0, 0.1) is 17.8 Å². The average molecular weight is 306 g/mol. The summed E-state index contributed by atoms with van der Waals surface area (Å²) in [6, 6.07) is -0.305. The Kier molecular flexibility index (Phi) is 5.17. The number of carbonyl (C=O) groups is 1. The predicted molar refractivity (Wildman–Crippen MR) is 74.7 cm³/mol. The molecule has 1 saturated heterocycles. The Morgan fingerprint density at radius 1 is 1.24 bits per heavy atom. The van der Waals surface area contributed by atoms with E-state index in [4.69, 9.17) is 0 Å². The fourth-order valence-corrected chi connectivity index (χ4v) is 3.67. The van der Waals surface area contributed by atoms with Gasteiger partial charge in [0.25, 0.3) is 0 Å². The van der Waals surface area contributed by atoms with E-state index < -0.39 is 18.1 Å². The third-order valence-corrected chi connectivity index (χ3v) is 5.27. The van der Waals surface area contributed by atoms with Gasteiger partial charge < -0.3 is 10.6 Å². The molecule has 21 heavy (non-hydrogen) atoms. The van der Waals surface area contributed by atoms with E-state index in [9.17, 15) is 18.0 Å². The van der Waals surface area contributed by atoms with Crippen LogP contribution in [0.1, 0.15) is 46.0 Å². The molecular weight excluding hydrogens is 281 g/mol. The SMILES string of the molecule is CCC1CCC(NC(=O)C2CCC(C(F)(F)F)CN2)C1C. The van der Waals surface area contributed by atoms with Gasteiger partial charge in [-0.15, -0.1) is 0 Å². The summed E-state index contributed by atoms with van der Waals surface area (Å²) in [7, 11) is 0. The highest BCUT2D eigenvalue weighted by Crippen LogP contribution is 2.34. The molecule has 1 aliphatic heterocycles. The summed E-state index contributed by atoms with van der Waals surface area (Å²) < 4.78 is 37.8. The van der Waals surface area contributed by atoms with Crippen molar-refractivity contribution >= 4 is 5.91 Å². The highest BCUT2D eigenvalue weighted by Gasteiger charge is 2.43. The molecule has 3 nitrogen and oxygen atoms in total. The van der Waals surface area contributed by atoms with E-state index in [2.05, 4.69) is 24.5 Å². The standard InChI is InChI=1S/C15H25F3N2O/c1-3-10-4-6-12(9(10)2)20-14(21)13-7-5-11(8-19-13)15(16,17)18/h9-13,19H,3-8H2,1-2H3,(H,20,21). The number of alkyl halides is 3. The second-order valence-electron chi connectivity index (χ2n) is 6.50. The molecule has 0 bridgehead atoms. The van der Waals surface area contributed by atoms with Crippen molar-refractivity contribution in [3.63, 3.8) is 0 Å². The Labute approximate surface area is 124 Å². The van der Waals surface area contributed by atoms with Gasteiger partial charge in [0.2, 0.25) is 5.91 Å². The summed E-state index contributed by atoms with van der Waals surface area (Å²) in [6.07, 6.45) is -0.661. The molecule has 0 spiro atoms. The molecular formula is C15H25F3N2O. The van der Waals surface area contributed by atoms with Gasteiger partial charge in [-0.3, -0.25) is 4.79 Å². The Morgan fingerprint density at radius 2 is 1.95 bits per heavy atom. The van der Waals surface area contributed by atoms with Crippen LogP contribution < -0.4 is 10.6 Å². The van der Waals surface area contributed by atoms with Gasteiger partial charge in [0.15, 0.2) is 0 Å². The van der Waals surface area contributed by atoms with Crippen molar-refractivity contribution in [2.45, 2.75) is 64.2 Å². The molecule has 5 unspecified atom stereocenters. The summed E-state index contributed by atoms with van der Waals surface area (Å²) in [5, 5.41) is 5.79. The number of carbonyl (C=O) groups excluding carboxylic acids is 1. The molecule has 2 fully saturated rings. The minimum atomic E-state index is -4.16. The molecule has 5 atom stereocenters. The number of nitrogens with one attached hydrogen (secondary N) is 2. The van der Waals surface area contributed by atoms with Gasteiger partial charge in [-0.1, -0.05) is 20.3 Å². The largest absolute Gasteiger partial charge is 0.393 e. The van der Waals surface area contributed by atoms with Crippen LogP contribution >= 0.6 is 0 Å². The number of rotatable bonds is 3. The van der Waals surface area contributed by atoms with Crippen LogP contribution in [0.15, 0.2) is 0 Å². The van der Waals surface area contributed by atoms with Crippen molar-refractivity contribution in [1.29, 1.82) is 0 Å². The molecule has 0 aromatic heterocycles. The van der Waals surface area contributed by atoms with Gasteiger partial charge in [0, 0.05) is 12.6 Å². The number of hydrogen-bond acceptors (Lipinski definition) is 2. The van der Waals surface area contributed by atoms with Crippen LogP contribution in [0.4, 0.5) is 13.2 Å². The molecule has 1 amide bonds. The van der Waals surface area contributed by atoms with E-state index in [1.165, 1.54) is 0 Å². The van der Waals surface area contributed by atoms with Gasteiger partial charge in [0.05, 0.1) is 12.0 Å². The van der Waals surface area contributed by atoms with Crippen molar-refractivity contribution in [3.05, 3.63) is 0 Å². The molecule has 2 aliphatic rings. The third kappa shape index (κ3) is 3.90. The quantitative estimate of drug-likeness (QED) is 0.842. The second-order valence-corrected chi connectivity index (χ2v) is 6.50. The van der Waals surface area contributed by atoms with E-state index in [-0.39, 0.29) is 31.3 Å². The Morgan fingerprint density at radius 3 is 2.43 bits per heavy atom. The van der Waals surface area contributed by atoms with Crippen molar-refractivity contribution in [3.8, 4) is 0 Å². The monoisotopic (exact) mass is 306 g/mol. The van der Waals surface area contributed by atoms with Gasteiger partial charge >= 0.3 is 6.18 Å². The summed E-state index contributed by atoms with van der Waals surface area (Å²) in [4.78, 5) is 12.2. The zero-order chi connectivity index (χ0) is 15.6. The molecule has 0 aromatic carbocycles. The lowest BCUT2D eigenvalue weighted by Gasteiger charge is -2.31. The van der Waals surface area contributed by atoms with Gasteiger partial charge in [-0.25, -0.2) is 0 Å². The van der Waals surface area contributed by atoms with Crippen LogP contribution in [0.25, 0.3) is 0 Å². The van der Waals surface area contributed by atoms with Gasteiger partial charge in [-0.2, -0.15) is 13.2 Å². The van der Waals surface area contributed by atoms with Crippen molar-refractivity contribution in [2.75, 3.05) is 6.54 Å². The van der Waals surface area contributed by atoms with Crippen molar-refractivity contribution < 1.29 is 18.0 Å². The van der Waals surface area contributed by atoms with Crippen LogP contribution in [-0.4, -0.2) is 30.7 Å². The number of hydrogen-bond donors (Lipinski definition) is 2. The van der Waals surface area contributed by atoms with Crippen LogP contribution in [0.2, 0.25) is 0 Å². The fraction of sp³-hybridized carbons (Fsp3) is 0.933. The lowest BCUT2D eigenvalue weighted by Crippen LogP contribution is -2.53. The summed E-state index contributed by atoms with van der Waals surface area (Å²) >= 11 is 0. The molecule has 1 saturated carbocycles. The first-order chi connectivity index (χ1) is 9.82. The predicted octanol–water partition coefficient (Wildman–Crippen LogP) is 2.86. The second kappa shape index (κ2) is 6.55. The first-order valence-electron chi connectivity index (χ1n) is 7.93. The summed E-state index contributed by atoms with van der Waals surface area (Å²) in [6.45, 7) is 4.16. The summed E-state index contributed by atoms with van der Waals surface area (Å²) in [5.74, 6) is -0.365. The topological polar surface area (TPSA) is 41.1 Å². The molecule has 1 heterocycles. The van der Waals surface area contributed by atoms with E-state index >= 15 is 0 Å². The van der Waals surface area contributed by atoms with Crippen LogP contribution in [-0.2, 0) is 4.79 Å². The molecule has 6 heteroatoms. The van der Waals surface area contributed by atoms with Crippen molar-refractivity contribution in [1.82, 2.24) is 10.6 Å². The normalized spacial score (nSPS) is 37.5. The fourth-order valence-electron chi connectivity index (χ4n) is 3.67. The molecule has 122 valence electrons. The number of halogens is 3. The maximum absolute atomic E-state index is 12.6. The van der Waals surface area contributed by atoms with Gasteiger partial charge in [-0.05, 0) is 37.5 Å². The minimum Gasteiger partial charge on any atom is -0.352 e. The maximum atomic E-state index is 12.6.